The largest absolute Gasteiger partial charge is 0.452 e. The summed E-state index contributed by atoms with van der Waals surface area (Å²) in [5.41, 5.74) is 3.70. The molecule has 3 rings (SSSR count). The summed E-state index contributed by atoms with van der Waals surface area (Å²) in [5, 5.41) is 2.94. The first-order valence-electron chi connectivity index (χ1n) is 10.8. The number of carbonyl (C=O) groups is 3. The number of hydrogen-bond donors (Lipinski definition) is 1. The number of ether oxygens (including phenoxy) is 1. The molecule has 2 aromatic rings. The Morgan fingerprint density at radius 1 is 1.00 bits per heavy atom. The number of para-hydroxylation sites is 2. The molecule has 6 nitrogen and oxygen atoms in total. The van der Waals surface area contributed by atoms with E-state index in [9.17, 15) is 14.4 Å². The Hall–Kier alpha value is -3.15. The maximum Gasteiger partial charge on any atom is 0.340 e. The Labute approximate surface area is 183 Å². The first-order chi connectivity index (χ1) is 14.8. The average Bonchev–Trinajstić information content (AvgIpc) is 3.17. The molecular weight excluding hydrogens is 392 g/mol. The molecule has 31 heavy (non-hydrogen) atoms. The van der Waals surface area contributed by atoms with E-state index in [0.717, 1.165) is 23.2 Å². The van der Waals surface area contributed by atoms with Crippen molar-refractivity contribution < 1.29 is 19.1 Å². The van der Waals surface area contributed by atoms with Gasteiger partial charge in [0.25, 0.3) is 5.91 Å². The second kappa shape index (κ2) is 9.77. The summed E-state index contributed by atoms with van der Waals surface area (Å²) in [6.07, 6.45) is 1.23. The number of hydrogen-bond acceptors (Lipinski definition) is 4. The fourth-order valence-corrected chi connectivity index (χ4v) is 3.86. The molecule has 0 bridgehead atoms. The molecule has 2 aromatic carbocycles. The number of anilines is 2. The van der Waals surface area contributed by atoms with Crippen molar-refractivity contribution in [3.05, 3.63) is 59.2 Å². The van der Waals surface area contributed by atoms with Crippen LogP contribution >= 0.6 is 0 Å². The molecule has 1 saturated heterocycles. The van der Waals surface area contributed by atoms with Crippen molar-refractivity contribution in [2.75, 3.05) is 23.4 Å². The second-order valence-electron chi connectivity index (χ2n) is 8.41. The van der Waals surface area contributed by atoms with Crippen LogP contribution in [0.3, 0.4) is 0 Å². The molecule has 0 saturated carbocycles. The lowest BCUT2D eigenvalue weighted by Gasteiger charge is -2.20. The standard InChI is InChI=1S/C25H30N2O4/c1-16(2)18-10-7-11-19(17(3)4)24(18)26-22(28)15-31-25(30)20-9-5-6-12-21(20)27-14-8-13-23(27)29/h5-7,9-12,16-17H,8,13-15H2,1-4H3,(H,26,28). The molecule has 164 valence electrons. The van der Waals surface area contributed by atoms with Gasteiger partial charge in [0, 0.05) is 18.7 Å². The van der Waals surface area contributed by atoms with Crippen molar-refractivity contribution in [2.45, 2.75) is 52.4 Å². The molecule has 0 aliphatic carbocycles. The predicted molar refractivity (Wildman–Crippen MR) is 122 cm³/mol. The van der Waals surface area contributed by atoms with Gasteiger partial charge < -0.3 is 15.0 Å². The quantitative estimate of drug-likeness (QED) is 0.647. The van der Waals surface area contributed by atoms with E-state index in [1.54, 1.807) is 29.2 Å². The summed E-state index contributed by atoms with van der Waals surface area (Å²) in [6.45, 7) is 8.48. The minimum Gasteiger partial charge on any atom is -0.452 e. The highest BCUT2D eigenvalue weighted by atomic mass is 16.5. The highest BCUT2D eigenvalue weighted by Crippen LogP contribution is 2.32. The topological polar surface area (TPSA) is 75.7 Å². The normalized spacial score (nSPS) is 13.7. The van der Waals surface area contributed by atoms with Gasteiger partial charge in [0.15, 0.2) is 6.61 Å². The van der Waals surface area contributed by atoms with Crippen LogP contribution in [-0.4, -0.2) is 30.9 Å². The third-order valence-corrected chi connectivity index (χ3v) is 5.46. The first kappa shape index (κ1) is 22.5. The Bertz CT molecular complexity index is 955. The fraction of sp³-hybridized carbons (Fsp3) is 0.400. The van der Waals surface area contributed by atoms with Gasteiger partial charge in [0.2, 0.25) is 5.91 Å². The van der Waals surface area contributed by atoms with Gasteiger partial charge in [-0.05, 0) is 41.5 Å². The van der Waals surface area contributed by atoms with E-state index in [1.165, 1.54) is 0 Å². The molecule has 0 atom stereocenters. The molecule has 0 unspecified atom stereocenters. The van der Waals surface area contributed by atoms with E-state index < -0.39 is 18.5 Å². The predicted octanol–water partition coefficient (Wildman–Crippen LogP) is 4.86. The molecule has 1 fully saturated rings. The molecular formula is C25H30N2O4. The SMILES string of the molecule is CC(C)c1cccc(C(C)C)c1NC(=O)COC(=O)c1ccccc1N1CCCC1=O. The Kier molecular flexibility index (Phi) is 7.10. The van der Waals surface area contributed by atoms with Gasteiger partial charge in [-0.25, -0.2) is 4.79 Å². The van der Waals surface area contributed by atoms with E-state index >= 15 is 0 Å². The van der Waals surface area contributed by atoms with Gasteiger partial charge in [-0.3, -0.25) is 9.59 Å². The summed E-state index contributed by atoms with van der Waals surface area (Å²) in [7, 11) is 0. The van der Waals surface area contributed by atoms with E-state index in [4.69, 9.17) is 4.74 Å². The van der Waals surface area contributed by atoms with Gasteiger partial charge in [0.05, 0.1) is 11.3 Å². The van der Waals surface area contributed by atoms with Gasteiger partial charge in [-0.15, -0.1) is 0 Å². The number of nitrogens with one attached hydrogen (secondary N) is 1. The molecule has 0 radical (unpaired) electrons. The highest BCUT2D eigenvalue weighted by Gasteiger charge is 2.26. The fourth-order valence-electron chi connectivity index (χ4n) is 3.86. The zero-order valence-electron chi connectivity index (χ0n) is 18.6. The third-order valence-electron chi connectivity index (χ3n) is 5.46. The Morgan fingerprint density at radius 3 is 2.23 bits per heavy atom. The van der Waals surface area contributed by atoms with Crippen molar-refractivity contribution in [1.29, 1.82) is 0 Å². The number of carbonyl (C=O) groups excluding carboxylic acids is 3. The Balaban J connectivity index is 1.72. The monoisotopic (exact) mass is 422 g/mol. The van der Waals surface area contributed by atoms with E-state index in [0.29, 0.717) is 18.7 Å². The number of rotatable bonds is 7. The number of esters is 1. The van der Waals surface area contributed by atoms with Crippen LogP contribution in [0.1, 0.15) is 73.9 Å². The molecule has 0 aromatic heterocycles. The van der Waals surface area contributed by atoms with Gasteiger partial charge in [-0.1, -0.05) is 58.0 Å². The molecule has 1 heterocycles. The van der Waals surface area contributed by atoms with Crippen LogP contribution in [0, 0.1) is 0 Å². The van der Waals surface area contributed by atoms with Crippen LogP contribution in [-0.2, 0) is 14.3 Å². The lowest BCUT2D eigenvalue weighted by Crippen LogP contribution is -2.27. The van der Waals surface area contributed by atoms with Crippen LogP contribution in [0.2, 0.25) is 0 Å². The molecule has 0 spiro atoms. The Morgan fingerprint density at radius 2 is 1.65 bits per heavy atom. The summed E-state index contributed by atoms with van der Waals surface area (Å²) < 4.78 is 5.31. The molecule has 2 amide bonds. The van der Waals surface area contributed by atoms with Crippen LogP contribution in [0.15, 0.2) is 42.5 Å². The van der Waals surface area contributed by atoms with E-state index in [1.807, 2.05) is 18.2 Å². The summed E-state index contributed by atoms with van der Waals surface area (Å²) in [6, 6.07) is 12.8. The minimum atomic E-state index is -0.619. The van der Waals surface area contributed by atoms with Gasteiger partial charge >= 0.3 is 5.97 Å². The highest BCUT2D eigenvalue weighted by molar-refractivity contribution is 6.04. The smallest absolute Gasteiger partial charge is 0.340 e. The van der Waals surface area contributed by atoms with Crippen molar-refractivity contribution in [2.24, 2.45) is 0 Å². The van der Waals surface area contributed by atoms with Gasteiger partial charge in [-0.2, -0.15) is 0 Å². The molecule has 1 aliphatic rings. The molecule has 6 heteroatoms. The zero-order chi connectivity index (χ0) is 22.5. The first-order valence-corrected chi connectivity index (χ1v) is 10.8. The van der Waals surface area contributed by atoms with Gasteiger partial charge in [0.1, 0.15) is 0 Å². The maximum absolute atomic E-state index is 12.7. The molecule has 1 N–H and O–H groups in total. The summed E-state index contributed by atoms with van der Waals surface area (Å²) >= 11 is 0. The number of benzene rings is 2. The van der Waals surface area contributed by atoms with Crippen LogP contribution in [0.4, 0.5) is 11.4 Å². The zero-order valence-corrected chi connectivity index (χ0v) is 18.6. The number of amides is 2. The lowest BCUT2D eigenvalue weighted by molar-refractivity contribution is -0.119. The molecule has 1 aliphatic heterocycles. The van der Waals surface area contributed by atoms with E-state index in [-0.39, 0.29) is 23.3 Å². The lowest BCUT2D eigenvalue weighted by atomic mass is 9.92. The minimum absolute atomic E-state index is 0.00972. The van der Waals surface area contributed by atoms with Crippen LogP contribution < -0.4 is 10.2 Å². The third kappa shape index (κ3) is 5.13. The summed E-state index contributed by atoms with van der Waals surface area (Å²) in [5.74, 6) is -0.544. The maximum atomic E-state index is 12.7. The average molecular weight is 423 g/mol. The van der Waals surface area contributed by atoms with Crippen LogP contribution in [0.5, 0.6) is 0 Å². The van der Waals surface area contributed by atoms with E-state index in [2.05, 4.69) is 33.0 Å². The van der Waals surface area contributed by atoms with Crippen molar-refractivity contribution in [3.8, 4) is 0 Å². The van der Waals surface area contributed by atoms with Crippen molar-refractivity contribution >= 4 is 29.2 Å². The summed E-state index contributed by atoms with van der Waals surface area (Å²) in [4.78, 5) is 39.0. The van der Waals surface area contributed by atoms with Crippen molar-refractivity contribution in [3.63, 3.8) is 0 Å². The number of nitrogens with zero attached hydrogens (tertiary/aromatic N) is 1. The second-order valence-corrected chi connectivity index (χ2v) is 8.41. The van der Waals surface area contributed by atoms with Crippen molar-refractivity contribution in [1.82, 2.24) is 0 Å². The van der Waals surface area contributed by atoms with Crippen LogP contribution in [0.25, 0.3) is 0 Å².